The van der Waals surface area contributed by atoms with E-state index < -0.39 is 5.41 Å². The summed E-state index contributed by atoms with van der Waals surface area (Å²) in [7, 11) is 0. The number of benzene rings is 2. The minimum Gasteiger partial charge on any atom is -0.302 e. The summed E-state index contributed by atoms with van der Waals surface area (Å²) < 4.78 is 0. The van der Waals surface area contributed by atoms with E-state index >= 15 is 0 Å². The Bertz CT molecular complexity index is 926. The highest BCUT2D eigenvalue weighted by molar-refractivity contribution is 5.79. The lowest BCUT2D eigenvalue weighted by molar-refractivity contribution is -0.124. The lowest BCUT2D eigenvalue weighted by atomic mass is 9.48. The summed E-state index contributed by atoms with van der Waals surface area (Å²) in [6, 6.07) is 19.8. The minimum atomic E-state index is -0.445. The first-order valence-electron chi connectivity index (χ1n) is 14.4. The smallest absolute Gasteiger partial charge is 0.131 e. The first-order valence-corrected chi connectivity index (χ1v) is 14.4. The molecule has 0 radical (unpaired) electrons. The lowest BCUT2D eigenvalue weighted by Crippen LogP contribution is -2.54. The Labute approximate surface area is 215 Å². The van der Waals surface area contributed by atoms with Crippen molar-refractivity contribution in [3.8, 4) is 11.1 Å². The average molecular weight is 473 g/mol. The highest BCUT2D eigenvalue weighted by Crippen LogP contribution is 2.58. The number of aldehydes is 1. The highest BCUT2D eigenvalue weighted by atomic mass is 16.1. The fourth-order valence-electron chi connectivity index (χ4n) is 8.15. The first kappa shape index (κ1) is 26.2. The van der Waals surface area contributed by atoms with Crippen molar-refractivity contribution in [2.75, 3.05) is 0 Å². The molecular formula is C34H48O. The molecule has 2 aliphatic rings. The molecule has 0 saturated heterocycles. The fraction of sp³-hybridized carbons (Fsp3) is 0.618. The van der Waals surface area contributed by atoms with E-state index in [0.717, 1.165) is 0 Å². The van der Waals surface area contributed by atoms with Crippen LogP contribution in [0.2, 0.25) is 0 Å². The zero-order valence-electron chi connectivity index (χ0n) is 23.0. The van der Waals surface area contributed by atoms with Crippen LogP contribution in [0.15, 0.2) is 54.6 Å². The number of rotatable bonds is 7. The second-order valence-corrected chi connectivity index (χ2v) is 12.8. The molecule has 0 aromatic heterocycles. The van der Waals surface area contributed by atoms with Gasteiger partial charge in [0.05, 0.1) is 5.41 Å². The summed E-state index contributed by atoms with van der Waals surface area (Å²) in [5, 5.41) is 0. The van der Waals surface area contributed by atoms with Gasteiger partial charge in [-0.05, 0) is 89.7 Å². The number of hydrogen-bond donors (Lipinski definition) is 0. The third-order valence-electron chi connectivity index (χ3n) is 9.94. The van der Waals surface area contributed by atoms with Crippen molar-refractivity contribution in [3.05, 3.63) is 60.2 Å². The van der Waals surface area contributed by atoms with Crippen LogP contribution in [0.3, 0.4) is 0 Å². The third-order valence-corrected chi connectivity index (χ3v) is 9.94. The van der Waals surface area contributed by atoms with Crippen LogP contribution in [0.1, 0.15) is 85.6 Å². The Morgan fingerprint density at radius 1 is 0.714 bits per heavy atom. The van der Waals surface area contributed by atoms with Crippen LogP contribution in [0.5, 0.6) is 0 Å². The van der Waals surface area contributed by atoms with Gasteiger partial charge in [-0.2, -0.15) is 0 Å². The zero-order chi connectivity index (χ0) is 25.2. The van der Waals surface area contributed by atoms with Crippen LogP contribution in [-0.2, 0) is 10.2 Å². The second-order valence-electron chi connectivity index (χ2n) is 12.8. The van der Waals surface area contributed by atoms with E-state index in [0.29, 0.717) is 47.3 Å². The van der Waals surface area contributed by atoms with E-state index in [1.807, 2.05) is 0 Å². The molecule has 0 heterocycles. The number of hydrogen-bond acceptors (Lipinski definition) is 1. The molecule has 0 aliphatic heterocycles. The molecule has 0 spiro atoms. The van der Waals surface area contributed by atoms with Gasteiger partial charge >= 0.3 is 0 Å². The van der Waals surface area contributed by atoms with Gasteiger partial charge in [0, 0.05) is 0 Å². The number of carbonyl (C=O) groups is 1. The summed E-state index contributed by atoms with van der Waals surface area (Å²) in [5.74, 6) is 4.50. The van der Waals surface area contributed by atoms with Gasteiger partial charge in [0.2, 0.25) is 0 Å². The molecule has 35 heavy (non-hydrogen) atoms. The molecule has 6 unspecified atom stereocenters. The van der Waals surface area contributed by atoms with Crippen molar-refractivity contribution in [2.45, 2.75) is 85.5 Å². The summed E-state index contributed by atoms with van der Waals surface area (Å²) in [5.41, 5.74) is 3.36. The molecule has 4 rings (SSSR count). The lowest BCUT2D eigenvalue weighted by Gasteiger charge is -2.55. The van der Waals surface area contributed by atoms with Gasteiger partial charge in [-0.15, -0.1) is 0 Å². The molecule has 2 aromatic carbocycles. The van der Waals surface area contributed by atoms with Crippen LogP contribution >= 0.6 is 0 Å². The normalized spacial score (nSPS) is 31.3. The Morgan fingerprint density at radius 3 is 1.69 bits per heavy atom. The second kappa shape index (κ2) is 11.0. The van der Waals surface area contributed by atoms with Crippen LogP contribution in [0, 0.1) is 47.3 Å². The van der Waals surface area contributed by atoms with E-state index in [1.165, 1.54) is 61.5 Å². The van der Waals surface area contributed by atoms with Crippen molar-refractivity contribution < 1.29 is 4.79 Å². The van der Waals surface area contributed by atoms with E-state index in [9.17, 15) is 4.79 Å². The Hall–Kier alpha value is -1.89. The van der Waals surface area contributed by atoms with Gasteiger partial charge in [0.15, 0.2) is 0 Å². The molecule has 190 valence electrons. The first-order chi connectivity index (χ1) is 16.8. The van der Waals surface area contributed by atoms with Gasteiger partial charge in [0.25, 0.3) is 0 Å². The third kappa shape index (κ3) is 5.03. The van der Waals surface area contributed by atoms with Gasteiger partial charge in [0.1, 0.15) is 6.29 Å². The van der Waals surface area contributed by atoms with Gasteiger partial charge in [-0.3, -0.25) is 0 Å². The average Bonchev–Trinajstić information content (AvgIpc) is 2.85. The van der Waals surface area contributed by atoms with Crippen LogP contribution in [0.4, 0.5) is 0 Å². The molecule has 2 aromatic rings. The summed E-state index contributed by atoms with van der Waals surface area (Å²) >= 11 is 0. The summed E-state index contributed by atoms with van der Waals surface area (Å²) in [4.78, 5) is 14.0. The van der Waals surface area contributed by atoms with Crippen molar-refractivity contribution in [3.63, 3.8) is 0 Å². The molecule has 0 amide bonds. The maximum Gasteiger partial charge on any atom is 0.131 e. The number of carbonyl (C=O) groups excluding carboxylic acids is 1. The minimum absolute atomic E-state index is 0.394. The van der Waals surface area contributed by atoms with E-state index in [1.54, 1.807) is 0 Å². The molecule has 0 N–H and O–H groups in total. The maximum atomic E-state index is 14.0. The topological polar surface area (TPSA) is 17.1 Å². The molecule has 2 aliphatic carbocycles. The van der Waals surface area contributed by atoms with Crippen LogP contribution < -0.4 is 0 Å². The standard InChI is InChI=1S/C34H48O/c1-23(2)28-18-16-25(5)20-32(28)34(22-35,33-21-26(6)17-19-29(33)24(3)4)31-15-11-10-14-30(31)27-12-8-7-9-13-27/h7-15,22-26,28-29,32-33H,16-21H2,1-6H3. The van der Waals surface area contributed by atoms with E-state index in [2.05, 4.69) is 96.1 Å². The van der Waals surface area contributed by atoms with Crippen molar-refractivity contribution in [2.24, 2.45) is 47.3 Å². The molecule has 1 heteroatoms. The fourth-order valence-corrected chi connectivity index (χ4v) is 8.15. The Balaban J connectivity index is 2.00. The van der Waals surface area contributed by atoms with E-state index in [4.69, 9.17) is 0 Å². The largest absolute Gasteiger partial charge is 0.302 e. The zero-order valence-corrected chi connectivity index (χ0v) is 23.0. The van der Waals surface area contributed by atoms with Gasteiger partial charge in [-0.25, -0.2) is 0 Å². The van der Waals surface area contributed by atoms with Crippen molar-refractivity contribution in [1.82, 2.24) is 0 Å². The molecule has 2 saturated carbocycles. The molecule has 2 fully saturated rings. The predicted molar refractivity (Wildman–Crippen MR) is 149 cm³/mol. The SMILES string of the molecule is CC1CCC(C(C)C)C(C(C=O)(c2ccccc2-c2ccccc2)C2CC(C)CCC2C(C)C)C1. The predicted octanol–water partition coefficient (Wildman–Crippen LogP) is 9.21. The summed E-state index contributed by atoms with van der Waals surface area (Å²) in [6.45, 7) is 14.4. The van der Waals surface area contributed by atoms with E-state index in [-0.39, 0.29) is 0 Å². The van der Waals surface area contributed by atoms with Crippen LogP contribution in [0.25, 0.3) is 11.1 Å². The monoisotopic (exact) mass is 472 g/mol. The van der Waals surface area contributed by atoms with Gasteiger partial charge < -0.3 is 4.79 Å². The summed E-state index contributed by atoms with van der Waals surface area (Å²) in [6.07, 6.45) is 8.90. The highest BCUT2D eigenvalue weighted by Gasteiger charge is 2.55. The molecule has 1 nitrogen and oxygen atoms in total. The Kier molecular flexibility index (Phi) is 8.24. The molecule has 0 bridgehead atoms. The van der Waals surface area contributed by atoms with Crippen LogP contribution in [-0.4, -0.2) is 6.29 Å². The quantitative estimate of drug-likeness (QED) is 0.367. The molecule has 6 atom stereocenters. The maximum absolute atomic E-state index is 14.0. The van der Waals surface area contributed by atoms with Crippen molar-refractivity contribution in [1.29, 1.82) is 0 Å². The van der Waals surface area contributed by atoms with Gasteiger partial charge in [-0.1, -0.05) is 109 Å². The Morgan fingerprint density at radius 2 is 1.20 bits per heavy atom. The van der Waals surface area contributed by atoms with Crippen molar-refractivity contribution >= 4 is 6.29 Å². The molecular weight excluding hydrogens is 424 g/mol.